The van der Waals surface area contributed by atoms with Gasteiger partial charge in [0, 0.05) is 0 Å². The number of aryl methyl sites for hydroxylation is 1. The van der Waals surface area contributed by atoms with Gasteiger partial charge in [-0.05, 0) is 31.0 Å². The van der Waals surface area contributed by atoms with Gasteiger partial charge in [0.05, 0.1) is 6.61 Å². The molecule has 1 aromatic carbocycles. The Labute approximate surface area is 103 Å². The second-order valence-electron chi connectivity index (χ2n) is 3.83. The third-order valence-corrected chi connectivity index (χ3v) is 2.49. The third-order valence-electron chi connectivity index (χ3n) is 2.49. The van der Waals surface area contributed by atoms with Gasteiger partial charge in [0.2, 0.25) is 0 Å². The van der Waals surface area contributed by atoms with Crippen molar-refractivity contribution in [3.05, 3.63) is 35.1 Å². The number of nitrogens with two attached hydrogens (primary N) is 1. The zero-order valence-corrected chi connectivity index (χ0v) is 10.0. The highest BCUT2D eigenvalue weighted by molar-refractivity contribution is 5.78. The van der Waals surface area contributed by atoms with E-state index in [1.807, 2.05) is 0 Å². The molecule has 0 aromatic heterocycles. The summed E-state index contributed by atoms with van der Waals surface area (Å²) in [5, 5.41) is 0. The van der Waals surface area contributed by atoms with Gasteiger partial charge < -0.3 is 10.5 Å². The maximum Gasteiger partial charge on any atom is 0.379 e. The summed E-state index contributed by atoms with van der Waals surface area (Å²) in [4.78, 5) is 11.1. The summed E-state index contributed by atoms with van der Waals surface area (Å²) in [5.74, 6) is -6.25. The molecule has 0 fully saturated rings. The fourth-order valence-corrected chi connectivity index (χ4v) is 1.37. The molecular formula is C12H14F3NO2. The second kappa shape index (κ2) is 5.39. The number of rotatable bonds is 4. The molecule has 0 saturated heterocycles. The maximum atomic E-state index is 13.6. The minimum Gasteiger partial charge on any atom is -0.462 e. The smallest absolute Gasteiger partial charge is 0.379 e. The lowest BCUT2D eigenvalue weighted by Crippen LogP contribution is -2.41. The van der Waals surface area contributed by atoms with E-state index in [9.17, 15) is 18.0 Å². The highest BCUT2D eigenvalue weighted by Crippen LogP contribution is 2.31. The molecule has 0 aliphatic rings. The number of carbonyl (C=O) groups excluding carboxylic acids is 1. The van der Waals surface area contributed by atoms with E-state index >= 15 is 0 Å². The molecule has 3 nitrogen and oxygen atoms in total. The highest BCUT2D eigenvalue weighted by atomic mass is 19.3. The molecule has 1 rings (SSSR count). The predicted molar refractivity (Wildman–Crippen MR) is 59.6 cm³/mol. The molecule has 2 N–H and O–H groups in total. The fraction of sp³-hybridized carbons (Fsp3) is 0.417. The Balaban J connectivity index is 3.01. The Kier molecular flexibility index (Phi) is 4.34. The average molecular weight is 261 g/mol. The number of alkyl halides is 2. The van der Waals surface area contributed by atoms with Crippen LogP contribution in [0.2, 0.25) is 0 Å². The van der Waals surface area contributed by atoms with E-state index in [1.165, 1.54) is 26.0 Å². The maximum absolute atomic E-state index is 13.6. The first kappa shape index (κ1) is 14.5. The number of benzene rings is 1. The Morgan fingerprint density at radius 2 is 2.11 bits per heavy atom. The molecule has 1 atom stereocenters. The molecule has 0 spiro atoms. The summed E-state index contributed by atoms with van der Waals surface area (Å²) in [6.07, 6.45) is 0. The SMILES string of the molecule is CCOC(=O)C(F)(F)[C@H](N)c1ccc(C)c(F)c1. The fourth-order valence-electron chi connectivity index (χ4n) is 1.37. The standard InChI is InChI=1S/C12H14F3NO2/c1-3-18-11(17)12(14,15)10(16)8-5-4-7(2)9(13)6-8/h4-6,10H,3,16H2,1-2H3/t10-/m1/s1. The normalized spacial score (nSPS) is 13.2. The van der Waals surface area contributed by atoms with Gasteiger partial charge >= 0.3 is 11.9 Å². The first-order chi connectivity index (χ1) is 8.30. The molecule has 0 bridgehead atoms. The molecule has 0 radical (unpaired) electrons. The van der Waals surface area contributed by atoms with E-state index in [4.69, 9.17) is 5.73 Å². The summed E-state index contributed by atoms with van der Waals surface area (Å²) < 4.78 is 44.7. The van der Waals surface area contributed by atoms with Crippen LogP contribution in [0.3, 0.4) is 0 Å². The van der Waals surface area contributed by atoms with Crippen LogP contribution in [0.15, 0.2) is 18.2 Å². The minimum absolute atomic E-state index is 0.156. The summed E-state index contributed by atoms with van der Waals surface area (Å²) in [6.45, 7) is 2.72. The molecule has 0 saturated carbocycles. The van der Waals surface area contributed by atoms with Crippen molar-refractivity contribution >= 4 is 5.97 Å². The molecule has 6 heteroatoms. The monoisotopic (exact) mass is 261 g/mol. The van der Waals surface area contributed by atoms with E-state index < -0.39 is 23.8 Å². The first-order valence-electron chi connectivity index (χ1n) is 5.37. The Morgan fingerprint density at radius 3 is 2.61 bits per heavy atom. The molecule has 0 heterocycles. The van der Waals surface area contributed by atoms with Crippen molar-refractivity contribution in [2.24, 2.45) is 5.73 Å². The van der Waals surface area contributed by atoms with Gasteiger partial charge in [-0.3, -0.25) is 0 Å². The second-order valence-corrected chi connectivity index (χ2v) is 3.83. The van der Waals surface area contributed by atoms with Crippen molar-refractivity contribution in [3.8, 4) is 0 Å². The van der Waals surface area contributed by atoms with E-state index in [-0.39, 0.29) is 12.2 Å². The Hall–Kier alpha value is -1.56. The van der Waals surface area contributed by atoms with Gasteiger partial charge in [-0.1, -0.05) is 12.1 Å². The van der Waals surface area contributed by atoms with E-state index in [2.05, 4.69) is 4.74 Å². The summed E-state index contributed by atoms with van der Waals surface area (Å²) >= 11 is 0. The van der Waals surface area contributed by atoms with Crippen molar-refractivity contribution in [1.29, 1.82) is 0 Å². The zero-order valence-electron chi connectivity index (χ0n) is 10.0. The van der Waals surface area contributed by atoms with Crippen molar-refractivity contribution in [1.82, 2.24) is 0 Å². The van der Waals surface area contributed by atoms with Gasteiger partial charge in [-0.2, -0.15) is 8.78 Å². The van der Waals surface area contributed by atoms with Crippen LogP contribution in [-0.2, 0) is 9.53 Å². The largest absolute Gasteiger partial charge is 0.462 e. The van der Waals surface area contributed by atoms with Crippen LogP contribution < -0.4 is 5.73 Å². The molecule has 0 aliphatic heterocycles. The van der Waals surface area contributed by atoms with Gasteiger partial charge in [0.1, 0.15) is 11.9 Å². The van der Waals surface area contributed by atoms with Crippen LogP contribution in [0.1, 0.15) is 24.1 Å². The highest BCUT2D eigenvalue weighted by Gasteiger charge is 2.47. The van der Waals surface area contributed by atoms with Crippen LogP contribution in [-0.4, -0.2) is 18.5 Å². The van der Waals surface area contributed by atoms with E-state index in [0.717, 1.165) is 6.07 Å². The van der Waals surface area contributed by atoms with Crippen LogP contribution >= 0.6 is 0 Å². The lowest BCUT2D eigenvalue weighted by molar-refractivity contribution is -0.174. The lowest BCUT2D eigenvalue weighted by atomic mass is 10.00. The van der Waals surface area contributed by atoms with Crippen molar-refractivity contribution < 1.29 is 22.7 Å². The lowest BCUT2D eigenvalue weighted by Gasteiger charge is -2.22. The van der Waals surface area contributed by atoms with Crippen molar-refractivity contribution in [2.45, 2.75) is 25.8 Å². The minimum atomic E-state index is -3.89. The molecular weight excluding hydrogens is 247 g/mol. The zero-order chi connectivity index (χ0) is 13.9. The molecule has 1 aromatic rings. The number of ether oxygens (including phenoxy) is 1. The van der Waals surface area contributed by atoms with E-state index in [0.29, 0.717) is 5.56 Å². The van der Waals surface area contributed by atoms with Gasteiger partial charge in [-0.25, -0.2) is 9.18 Å². The molecule has 0 amide bonds. The van der Waals surface area contributed by atoms with Gasteiger partial charge in [0.15, 0.2) is 0 Å². The number of halogens is 3. The molecule has 0 aliphatic carbocycles. The predicted octanol–water partition coefficient (Wildman–Crippen LogP) is 2.33. The van der Waals surface area contributed by atoms with Crippen molar-refractivity contribution in [3.63, 3.8) is 0 Å². The quantitative estimate of drug-likeness (QED) is 0.846. The average Bonchev–Trinajstić information content (AvgIpc) is 2.32. The summed E-state index contributed by atoms with van der Waals surface area (Å²) in [7, 11) is 0. The van der Waals surface area contributed by atoms with Crippen LogP contribution in [0.25, 0.3) is 0 Å². The first-order valence-corrected chi connectivity index (χ1v) is 5.37. The van der Waals surface area contributed by atoms with Gasteiger partial charge in [-0.15, -0.1) is 0 Å². The Bertz CT molecular complexity index is 449. The third kappa shape index (κ3) is 2.81. The molecule has 0 unspecified atom stereocenters. The number of carbonyl (C=O) groups is 1. The molecule has 100 valence electrons. The Morgan fingerprint density at radius 1 is 1.50 bits per heavy atom. The number of esters is 1. The molecule has 18 heavy (non-hydrogen) atoms. The summed E-state index contributed by atoms with van der Waals surface area (Å²) in [5.41, 5.74) is 5.46. The topological polar surface area (TPSA) is 52.3 Å². The summed E-state index contributed by atoms with van der Waals surface area (Å²) in [6, 6.07) is 1.54. The van der Waals surface area contributed by atoms with Crippen LogP contribution in [0.4, 0.5) is 13.2 Å². The van der Waals surface area contributed by atoms with E-state index in [1.54, 1.807) is 0 Å². The van der Waals surface area contributed by atoms with Crippen LogP contribution in [0, 0.1) is 12.7 Å². The van der Waals surface area contributed by atoms with Crippen LogP contribution in [0.5, 0.6) is 0 Å². The number of hydrogen-bond donors (Lipinski definition) is 1. The van der Waals surface area contributed by atoms with Gasteiger partial charge in [0.25, 0.3) is 0 Å². The van der Waals surface area contributed by atoms with Crippen molar-refractivity contribution in [2.75, 3.05) is 6.61 Å². The number of hydrogen-bond acceptors (Lipinski definition) is 3.